The van der Waals surface area contributed by atoms with Crippen LogP contribution in [0.1, 0.15) is 0 Å². The number of carbonyl (C=O) groups is 1. The minimum atomic E-state index is -1.09. The number of anilines is 1. The molecule has 0 spiro atoms. The molecule has 0 fully saturated rings. The first-order chi connectivity index (χ1) is 10.5. The summed E-state index contributed by atoms with van der Waals surface area (Å²) in [5.74, 6) is 0.447. The normalized spacial score (nSPS) is 10.3. The van der Waals surface area contributed by atoms with Gasteiger partial charge in [-0.2, -0.15) is 0 Å². The lowest BCUT2D eigenvalue weighted by atomic mass is 10.3. The van der Waals surface area contributed by atoms with Gasteiger partial charge in [-0.25, -0.2) is 4.79 Å². The molecule has 0 aromatic heterocycles. The Balaban J connectivity index is 2.02. The number of carboxylic acid groups (broad SMARTS) is 1. The van der Waals surface area contributed by atoms with Gasteiger partial charge in [0.05, 0.1) is 11.6 Å². The molecule has 0 saturated carbocycles. The number of amides is 1. The number of rotatable bonds is 5. The van der Waals surface area contributed by atoms with Crippen molar-refractivity contribution in [3.8, 4) is 5.75 Å². The molecule has 4 nitrogen and oxygen atoms in total. The van der Waals surface area contributed by atoms with Crippen molar-refractivity contribution in [3.63, 3.8) is 0 Å². The topological polar surface area (TPSA) is 49.8 Å². The molecule has 0 unspecified atom stereocenters. The predicted octanol–water partition coefficient (Wildman–Crippen LogP) is 5.21. The fourth-order valence-corrected chi connectivity index (χ4v) is 2.47. The quantitative estimate of drug-likeness (QED) is 0.796. The summed E-state index contributed by atoms with van der Waals surface area (Å²) in [6.07, 6.45) is -1.09. The SMILES string of the molecule is O=C(O)N(CCOc1ccc(Cl)cc1Cl)c1cccc(Cl)c1. The van der Waals surface area contributed by atoms with Gasteiger partial charge in [0.2, 0.25) is 0 Å². The second-order valence-corrected chi connectivity index (χ2v) is 5.62. The Kier molecular flexibility index (Phi) is 5.77. The molecule has 0 atom stereocenters. The van der Waals surface area contributed by atoms with Crippen molar-refractivity contribution in [2.45, 2.75) is 0 Å². The molecule has 1 amide bonds. The van der Waals surface area contributed by atoms with Crippen molar-refractivity contribution >= 4 is 46.6 Å². The lowest BCUT2D eigenvalue weighted by molar-refractivity contribution is 0.199. The van der Waals surface area contributed by atoms with Gasteiger partial charge in [0, 0.05) is 15.7 Å². The number of halogens is 3. The van der Waals surface area contributed by atoms with Gasteiger partial charge < -0.3 is 9.84 Å². The number of hydrogen-bond donors (Lipinski definition) is 1. The van der Waals surface area contributed by atoms with Crippen LogP contribution in [0, 0.1) is 0 Å². The molecule has 0 aliphatic carbocycles. The molecule has 0 aliphatic rings. The van der Waals surface area contributed by atoms with E-state index in [4.69, 9.17) is 39.5 Å². The van der Waals surface area contributed by atoms with Crippen LogP contribution >= 0.6 is 34.8 Å². The van der Waals surface area contributed by atoms with Crippen LogP contribution in [0.25, 0.3) is 0 Å². The number of benzene rings is 2. The van der Waals surface area contributed by atoms with Crippen LogP contribution in [0.15, 0.2) is 42.5 Å². The molecule has 0 bridgehead atoms. The van der Waals surface area contributed by atoms with E-state index in [1.165, 1.54) is 0 Å². The summed E-state index contributed by atoms with van der Waals surface area (Å²) in [4.78, 5) is 12.5. The third kappa shape index (κ3) is 4.44. The van der Waals surface area contributed by atoms with Gasteiger partial charge in [-0.15, -0.1) is 0 Å². The third-order valence-electron chi connectivity index (χ3n) is 2.82. The average molecular weight is 361 g/mol. The Labute approximate surface area is 142 Å². The second kappa shape index (κ2) is 7.58. The summed E-state index contributed by atoms with van der Waals surface area (Å²) in [7, 11) is 0. The Hall–Kier alpha value is -1.62. The van der Waals surface area contributed by atoms with Crippen LogP contribution < -0.4 is 9.64 Å². The van der Waals surface area contributed by atoms with Crippen LogP contribution in [-0.2, 0) is 0 Å². The molecule has 0 heterocycles. The molecule has 0 aliphatic heterocycles. The van der Waals surface area contributed by atoms with Crippen molar-refractivity contribution in [2.24, 2.45) is 0 Å². The van der Waals surface area contributed by atoms with Crippen LogP contribution in [0.2, 0.25) is 15.1 Å². The molecule has 22 heavy (non-hydrogen) atoms. The fourth-order valence-electron chi connectivity index (χ4n) is 1.82. The van der Waals surface area contributed by atoms with Gasteiger partial charge in [0.15, 0.2) is 0 Å². The minimum absolute atomic E-state index is 0.134. The largest absolute Gasteiger partial charge is 0.490 e. The van der Waals surface area contributed by atoms with Crippen molar-refractivity contribution < 1.29 is 14.6 Å². The molecule has 0 radical (unpaired) electrons. The maximum absolute atomic E-state index is 11.3. The Bertz CT molecular complexity index is 679. The van der Waals surface area contributed by atoms with E-state index in [9.17, 15) is 9.90 Å². The van der Waals surface area contributed by atoms with E-state index >= 15 is 0 Å². The van der Waals surface area contributed by atoms with Gasteiger partial charge in [0.25, 0.3) is 0 Å². The highest BCUT2D eigenvalue weighted by Gasteiger charge is 2.15. The van der Waals surface area contributed by atoms with Crippen LogP contribution in [0.3, 0.4) is 0 Å². The molecule has 2 rings (SSSR count). The summed E-state index contributed by atoms with van der Waals surface area (Å²) in [5.41, 5.74) is 0.478. The van der Waals surface area contributed by atoms with E-state index in [0.717, 1.165) is 4.90 Å². The van der Waals surface area contributed by atoms with Crippen molar-refractivity contribution in [2.75, 3.05) is 18.1 Å². The van der Waals surface area contributed by atoms with E-state index in [1.54, 1.807) is 42.5 Å². The second-order valence-electron chi connectivity index (χ2n) is 4.34. The van der Waals surface area contributed by atoms with Crippen molar-refractivity contribution in [1.29, 1.82) is 0 Å². The standard InChI is InChI=1S/C15H12Cl3NO3/c16-10-2-1-3-12(8-10)19(15(20)21)6-7-22-14-5-4-11(17)9-13(14)18/h1-5,8-9H,6-7H2,(H,20,21). The van der Waals surface area contributed by atoms with Gasteiger partial charge >= 0.3 is 6.09 Å². The summed E-state index contributed by atoms with van der Waals surface area (Å²) in [6, 6.07) is 11.4. The summed E-state index contributed by atoms with van der Waals surface area (Å²) in [5, 5.41) is 10.6. The fraction of sp³-hybridized carbons (Fsp3) is 0.133. The number of hydrogen-bond acceptors (Lipinski definition) is 2. The first kappa shape index (κ1) is 16.7. The lowest BCUT2D eigenvalue weighted by Crippen LogP contribution is -2.33. The zero-order valence-corrected chi connectivity index (χ0v) is 13.6. The van der Waals surface area contributed by atoms with Crippen LogP contribution in [0.4, 0.5) is 10.5 Å². The zero-order chi connectivity index (χ0) is 16.1. The van der Waals surface area contributed by atoms with E-state index in [0.29, 0.717) is 26.5 Å². The van der Waals surface area contributed by atoms with Crippen molar-refractivity contribution in [1.82, 2.24) is 0 Å². The first-order valence-electron chi connectivity index (χ1n) is 6.31. The summed E-state index contributed by atoms with van der Waals surface area (Å²) in [6.45, 7) is 0.273. The zero-order valence-electron chi connectivity index (χ0n) is 11.3. The van der Waals surface area contributed by atoms with E-state index in [-0.39, 0.29) is 13.2 Å². The van der Waals surface area contributed by atoms with Gasteiger partial charge in [-0.3, -0.25) is 4.90 Å². The Morgan fingerprint density at radius 3 is 2.45 bits per heavy atom. The maximum Gasteiger partial charge on any atom is 0.411 e. The Morgan fingerprint density at radius 1 is 1.09 bits per heavy atom. The number of ether oxygens (including phenoxy) is 1. The van der Waals surface area contributed by atoms with Gasteiger partial charge in [-0.1, -0.05) is 40.9 Å². The minimum Gasteiger partial charge on any atom is -0.490 e. The molecule has 2 aromatic rings. The smallest absolute Gasteiger partial charge is 0.411 e. The molecular formula is C15H12Cl3NO3. The molecule has 1 N–H and O–H groups in total. The van der Waals surface area contributed by atoms with Crippen LogP contribution in [0.5, 0.6) is 5.75 Å². The first-order valence-corrected chi connectivity index (χ1v) is 7.44. The number of nitrogens with zero attached hydrogens (tertiary/aromatic N) is 1. The summed E-state index contributed by atoms with van der Waals surface area (Å²) >= 11 is 17.7. The molecule has 116 valence electrons. The Morgan fingerprint density at radius 2 is 1.82 bits per heavy atom. The summed E-state index contributed by atoms with van der Waals surface area (Å²) < 4.78 is 5.50. The van der Waals surface area contributed by atoms with Crippen LogP contribution in [-0.4, -0.2) is 24.4 Å². The monoisotopic (exact) mass is 359 g/mol. The van der Waals surface area contributed by atoms with Crippen molar-refractivity contribution in [3.05, 3.63) is 57.5 Å². The van der Waals surface area contributed by atoms with Gasteiger partial charge in [0.1, 0.15) is 12.4 Å². The highest BCUT2D eigenvalue weighted by Crippen LogP contribution is 2.27. The van der Waals surface area contributed by atoms with Gasteiger partial charge in [-0.05, 0) is 36.4 Å². The molecule has 0 saturated heterocycles. The average Bonchev–Trinajstić information content (AvgIpc) is 2.45. The lowest BCUT2D eigenvalue weighted by Gasteiger charge is -2.20. The molecular weight excluding hydrogens is 349 g/mol. The predicted molar refractivity (Wildman–Crippen MR) is 88.8 cm³/mol. The van der Waals surface area contributed by atoms with E-state index in [2.05, 4.69) is 0 Å². The van der Waals surface area contributed by atoms with E-state index in [1.807, 2.05) is 0 Å². The maximum atomic E-state index is 11.3. The highest BCUT2D eigenvalue weighted by molar-refractivity contribution is 6.35. The highest BCUT2D eigenvalue weighted by atomic mass is 35.5. The van der Waals surface area contributed by atoms with E-state index < -0.39 is 6.09 Å². The molecule has 7 heteroatoms. The third-order valence-corrected chi connectivity index (χ3v) is 3.58. The molecule has 2 aromatic carbocycles.